The van der Waals surface area contributed by atoms with Gasteiger partial charge in [-0.25, -0.2) is 22.8 Å². The van der Waals surface area contributed by atoms with E-state index in [0.717, 1.165) is 18.4 Å². The predicted octanol–water partition coefficient (Wildman–Crippen LogP) is 2.31. The number of nitrogens with one attached hydrogen (secondary N) is 1. The van der Waals surface area contributed by atoms with Gasteiger partial charge in [-0.3, -0.25) is 4.90 Å². The number of nitrogens with two attached hydrogens (primary N) is 1. The van der Waals surface area contributed by atoms with Crippen molar-refractivity contribution in [1.29, 1.82) is 0 Å². The molecular weight excluding hydrogens is 404 g/mol. The zero-order valence-electron chi connectivity index (χ0n) is 16.6. The second-order valence-corrected chi connectivity index (χ2v) is 8.24. The van der Waals surface area contributed by atoms with Gasteiger partial charge in [0.1, 0.15) is 5.52 Å². The second-order valence-electron chi connectivity index (χ2n) is 8.24. The molecule has 1 atom stereocenters. The second kappa shape index (κ2) is 6.58. The largest absolute Gasteiger partial charge is 0.382 e. The van der Waals surface area contributed by atoms with Crippen molar-refractivity contribution in [3.05, 3.63) is 36.8 Å². The lowest BCUT2D eigenvalue weighted by atomic mass is 10.0. The van der Waals surface area contributed by atoms with Crippen molar-refractivity contribution in [3.63, 3.8) is 0 Å². The molecule has 0 aromatic carbocycles. The predicted molar refractivity (Wildman–Crippen MR) is 111 cm³/mol. The third-order valence-corrected chi connectivity index (χ3v) is 6.07. The van der Waals surface area contributed by atoms with Crippen LogP contribution in [-0.4, -0.2) is 65.2 Å². The number of alkyl halides is 2. The van der Waals surface area contributed by atoms with Crippen molar-refractivity contribution < 1.29 is 8.78 Å². The molecule has 0 bridgehead atoms. The Kier molecular flexibility index (Phi) is 3.91. The Balaban J connectivity index is 1.30. The summed E-state index contributed by atoms with van der Waals surface area (Å²) in [5, 5.41) is 11.4. The number of anilines is 2. The summed E-state index contributed by atoms with van der Waals surface area (Å²) >= 11 is 0. The molecule has 4 aromatic heterocycles. The lowest BCUT2D eigenvalue weighted by Gasteiger charge is -2.38. The number of rotatable bonds is 4. The summed E-state index contributed by atoms with van der Waals surface area (Å²) in [6.45, 7) is 0.412. The standard InChI is InChI=1S/C20H21F2N9/c21-20(22)11-29(12-1-2-12)8-6-15(20)26-19-27-18(23)17-13(4-9-31(17)28-19)14-5-10-30-16(25-14)3-7-24-30/h3-5,7,9-10,12,15H,1-2,6,8,11H2,(H3,23,26,27,28)/t15-/m1/s1. The van der Waals surface area contributed by atoms with Crippen LogP contribution in [0.3, 0.4) is 0 Å². The molecule has 0 spiro atoms. The molecule has 1 aliphatic carbocycles. The van der Waals surface area contributed by atoms with Crippen LogP contribution in [0.5, 0.6) is 0 Å². The topological polar surface area (TPSA) is 102 Å². The Morgan fingerprint density at radius 1 is 1.06 bits per heavy atom. The molecule has 11 heteroatoms. The molecule has 2 aliphatic rings. The molecule has 1 aliphatic heterocycles. The van der Waals surface area contributed by atoms with Crippen LogP contribution >= 0.6 is 0 Å². The van der Waals surface area contributed by atoms with E-state index in [9.17, 15) is 8.78 Å². The van der Waals surface area contributed by atoms with Gasteiger partial charge in [-0.2, -0.15) is 10.1 Å². The summed E-state index contributed by atoms with van der Waals surface area (Å²) in [6, 6.07) is 4.76. The van der Waals surface area contributed by atoms with Crippen molar-refractivity contribution in [2.24, 2.45) is 0 Å². The lowest BCUT2D eigenvalue weighted by molar-refractivity contribution is -0.0761. The molecule has 4 aromatic rings. The number of aromatic nitrogens is 6. The van der Waals surface area contributed by atoms with Crippen molar-refractivity contribution in [1.82, 2.24) is 34.1 Å². The molecule has 1 saturated heterocycles. The van der Waals surface area contributed by atoms with Gasteiger partial charge in [-0.05, 0) is 31.4 Å². The zero-order valence-corrected chi connectivity index (χ0v) is 16.6. The average Bonchev–Trinajstić information content (AvgIpc) is 3.32. The van der Waals surface area contributed by atoms with E-state index >= 15 is 0 Å². The fraction of sp³-hybridized carbons (Fsp3) is 0.400. The number of halogens is 2. The normalized spacial score (nSPS) is 21.7. The van der Waals surface area contributed by atoms with Gasteiger partial charge in [0, 0.05) is 36.6 Å². The first-order valence-corrected chi connectivity index (χ1v) is 10.3. The fourth-order valence-electron chi connectivity index (χ4n) is 4.33. The summed E-state index contributed by atoms with van der Waals surface area (Å²) in [4.78, 5) is 10.8. The molecule has 0 unspecified atom stereocenters. The van der Waals surface area contributed by atoms with Crippen LogP contribution in [0.25, 0.3) is 22.4 Å². The maximum absolute atomic E-state index is 14.7. The Morgan fingerprint density at radius 3 is 2.71 bits per heavy atom. The highest BCUT2D eigenvalue weighted by Crippen LogP contribution is 2.36. The van der Waals surface area contributed by atoms with Gasteiger partial charge in [0.25, 0.3) is 5.92 Å². The maximum atomic E-state index is 14.7. The summed E-state index contributed by atoms with van der Waals surface area (Å²) in [7, 11) is 0. The van der Waals surface area contributed by atoms with Gasteiger partial charge >= 0.3 is 0 Å². The van der Waals surface area contributed by atoms with E-state index in [1.165, 1.54) is 0 Å². The van der Waals surface area contributed by atoms with Gasteiger partial charge in [-0.15, -0.1) is 5.10 Å². The highest BCUT2D eigenvalue weighted by atomic mass is 19.3. The number of nitrogen functional groups attached to an aromatic ring is 1. The SMILES string of the molecule is Nc1nc(N[C@@H]2CCN(C3CC3)CC2(F)F)nn2ccc(-c3ccn4nccc4n3)c12. The first kappa shape index (κ1) is 18.4. The maximum Gasteiger partial charge on any atom is 0.280 e. The van der Waals surface area contributed by atoms with Gasteiger partial charge in [0.2, 0.25) is 5.95 Å². The molecule has 160 valence electrons. The Bertz CT molecular complexity index is 1280. The minimum Gasteiger partial charge on any atom is -0.382 e. The van der Waals surface area contributed by atoms with Crippen molar-refractivity contribution >= 4 is 22.9 Å². The van der Waals surface area contributed by atoms with Crippen LogP contribution in [0, 0.1) is 0 Å². The van der Waals surface area contributed by atoms with Crippen molar-refractivity contribution in [3.8, 4) is 11.3 Å². The highest BCUT2D eigenvalue weighted by molar-refractivity contribution is 5.86. The number of fused-ring (bicyclic) bond motifs is 2. The van der Waals surface area contributed by atoms with Crippen LogP contribution < -0.4 is 11.1 Å². The van der Waals surface area contributed by atoms with E-state index in [1.54, 1.807) is 27.5 Å². The minimum atomic E-state index is -2.86. The summed E-state index contributed by atoms with van der Waals surface area (Å²) < 4.78 is 32.7. The summed E-state index contributed by atoms with van der Waals surface area (Å²) in [5.74, 6) is -2.57. The van der Waals surface area contributed by atoms with Crippen LogP contribution in [-0.2, 0) is 0 Å². The van der Waals surface area contributed by atoms with Gasteiger partial charge in [-0.1, -0.05) is 0 Å². The van der Waals surface area contributed by atoms with Crippen LogP contribution in [0.4, 0.5) is 20.5 Å². The van der Waals surface area contributed by atoms with E-state index in [4.69, 9.17) is 5.73 Å². The highest BCUT2D eigenvalue weighted by Gasteiger charge is 2.48. The molecular formula is C20H21F2N9. The summed E-state index contributed by atoms with van der Waals surface area (Å²) in [5.41, 5.74) is 8.97. The van der Waals surface area contributed by atoms with E-state index in [0.29, 0.717) is 35.9 Å². The van der Waals surface area contributed by atoms with Crippen LogP contribution in [0.15, 0.2) is 36.8 Å². The number of hydrogen-bond acceptors (Lipinski definition) is 7. The first-order chi connectivity index (χ1) is 15.0. The monoisotopic (exact) mass is 425 g/mol. The quantitative estimate of drug-likeness (QED) is 0.517. The third kappa shape index (κ3) is 3.16. The smallest absolute Gasteiger partial charge is 0.280 e. The van der Waals surface area contributed by atoms with E-state index in [-0.39, 0.29) is 18.3 Å². The van der Waals surface area contributed by atoms with E-state index < -0.39 is 12.0 Å². The van der Waals surface area contributed by atoms with Gasteiger partial charge in [0.15, 0.2) is 11.5 Å². The lowest BCUT2D eigenvalue weighted by Crippen LogP contribution is -2.55. The molecule has 0 radical (unpaired) electrons. The number of nitrogens with zero attached hydrogens (tertiary/aromatic N) is 7. The molecule has 5 heterocycles. The van der Waals surface area contributed by atoms with Crippen LogP contribution in [0.2, 0.25) is 0 Å². The molecule has 0 amide bonds. The minimum absolute atomic E-state index is 0.0934. The number of likely N-dealkylation sites (tertiary alicyclic amines) is 1. The molecule has 31 heavy (non-hydrogen) atoms. The van der Waals surface area contributed by atoms with E-state index in [1.807, 2.05) is 23.2 Å². The number of piperidine rings is 1. The Labute approximate surface area is 175 Å². The Hall–Kier alpha value is -3.34. The molecule has 9 nitrogen and oxygen atoms in total. The summed E-state index contributed by atoms with van der Waals surface area (Å²) in [6.07, 6.45) is 7.57. The fourth-order valence-corrected chi connectivity index (χ4v) is 4.33. The average molecular weight is 425 g/mol. The van der Waals surface area contributed by atoms with Crippen LogP contribution in [0.1, 0.15) is 19.3 Å². The third-order valence-electron chi connectivity index (χ3n) is 6.07. The molecule has 3 N–H and O–H groups in total. The number of hydrogen-bond donors (Lipinski definition) is 2. The first-order valence-electron chi connectivity index (χ1n) is 10.3. The van der Waals surface area contributed by atoms with E-state index in [2.05, 4.69) is 25.5 Å². The van der Waals surface area contributed by atoms with Gasteiger partial charge in [0.05, 0.1) is 24.5 Å². The molecule has 6 rings (SSSR count). The Morgan fingerprint density at radius 2 is 1.90 bits per heavy atom. The molecule has 1 saturated carbocycles. The molecule has 2 fully saturated rings. The van der Waals surface area contributed by atoms with Crippen molar-refractivity contribution in [2.45, 2.75) is 37.3 Å². The van der Waals surface area contributed by atoms with Crippen molar-refractivity contribution in [2.75, 3.05) is 24.1 Å². The van der Waals surface area contributed by atoms with Gasteiger partial charge < -0.3 is 11.1 Å². The zero-order chi connectivity index (χ0) is 21.2.